The Balaban J connectivity index is 2.59. The van der Waals surface area contributed by atoms with Crippen molar-refractivity contribution in [3.05, 3.63) is 57.0 Å². The van der Waals surface area contributed by atoms with Crippen molar-refractivity contribution >= 4 is 11.3 Å². The molecule has 17 heavy (non-hydrogen) atoms. The van der Waals surface area contributed by atoms with E-state index in [1.165, 1.54) is 17.4 Å². The lowest BCUT2D eigenvalue weighted by Crippen LogP contribution is -2.24. The monoisotopic (exact) mass is 250 g/mol. The highest BCUT2D eigenvalue weighted by Crippen LogP contribution is 2.36. The molecule has 2 rings (SSSR count). The van der Waals surface area contributed by atoms with Gasteiger partial charge >= 0.3 is 0 Å². The maximum Gasteiger partial charge on any atom is 0.129 e. The molecule has 1 N–H and O–H groups in total. The lowest BCUT2D eigenvalue weighted by atomic mass is 9.91. The smallest absolute Gasteiger partial charge is 0.129 e. The van der Waals surface area contributed by atoms with Gasteiger partial charge in [-0.3, -0.25) is 0 Å². The Labute approximate surface area is 105 Å². The number of aliphatic hydroxyl groups is 1. The molecule has 0 aliphatic heterocycles. The third kappa shape index (κ3) is 2.13. The van der Waals surface area contributed by atoms with Gasteiger partial charge in [-0.1, -0.05) is 11.6 Å². The molecule has 0 fully saturated rings. The molecule has 2 aromatic rings. The van der Waals surface area contributed by atoms with Crippen LogP contribution in [0, 0.1) is 19.7 Å². The Morgan fingerprint density at radius 3 is 2.53 bits per heavy atom. The first-order valence-corrected chi connectivity index (χ1v) is 6.34. The summed E-state index contributed by atoms with van der Waals surface area (Å²) in [6, 6.07) is 6.74. The predicted molar refractivity (Wildman–Crippen MR) is 68.9 cm³/mol. The molecule has 0 spiro atoms. The minimum atomic E-state index is -1.27. The maximum atomic E-state index is 13.8. The molecule has 0 saturated heterocycles. The summed E-state index contributed by atoms with van der Waals surface area (Å²) >= 11 is 1.45. The zero-order chi connectivity index (χ0) is 12.6. The van der Waals surface area contributed by atoms with E-state index in [9.17, 15) is 9.50 Å². The average Bonchev–Trinajstić information content (AvgIpc) is 2.68. The van der Waals surface area contributed by atoms with Crippen molar-refractivity contribution in [2.75, 3.05) is 0 Å². The van der Waals surface area contributed by atoms with E-state index >= 15 is 0 Å². The van der Waals surface area contributed by atoms with Crippen molar-refractivity contribution in [2.45, 2.75) is 26.4 Å². The minimum Gasteiger partial charge on any atom is -0.380 e. The quantitative estimate of drug-likeness (QED) is 0.860. The number of thiophene rings is 1. The number of halogens is 1. The van der Waals surface area contributed by atoms with Crippen LogP contribution in [0.15, 0.2) is 29.6 Å². The van der Waals surface area contributed by atoms with Crippen molar-refractivity contribution in [1.82, 2.24) is 0 Å². The van der Waals surface area contributed by atoms with Gasteiger partial charge in [0.1, 0.15) is 11.4 Å². The fourth-order valence-corrected chi connectivity index (χ4v) is 3.01. The zero-order valence-corrected chi connectivity index (χ0v) is 10.9. The van der Waals surface area contributed by atoms with Gasteiger partial charge in [0, 0.05) is 10.4 Å². The largest absolute Gasteiger partial charge is 0.380 e. The summed E-state index contributed by atoms with van der Waals surface area (Å²) in [5.41, 5.74) is 0.994. The summed E-state index contributed by atoms with van der Waals surface area (Å²) in [6.45, 7) is 5.46. The molecule has 1 aromatic carbocycles. The molecule has 0 aliphatic carbocycles. The number of hydrogen-bond donors (Lipinski definition) is 1. The van der Waals surface area contributed by atoms with Crippen LogP contribution in [0.25, 0.3) is 0 Å². The SMILES string of the molecule is Cc1ccc(F)c(C(C)(O)c2sccc2C)c1. The molecule has 0 radical (unpaired) electrons. The normalized spacial score (nSPS) is 14.6. The molecule has 1 atom stereocenters. The van der Waals surface area contributed by atoms with Gasteiger partial charge in [0.25, 0.3) is 0 Å². The van der Waals surface area contributed by atoms with E-state index in [0.717, 1.165) is 16.0 Å². The van der Waals surface area contributed by atoms with Gasteiger partial charge in [-0.25, -0.2) is 4.39 Å². The van der Waals surface area contributed by atoms with Gasteiger partial charge in [-0.2, -0.15) is 0 Å². The van der Waals surface area contributed by atoms with E-state index in [0.29, 0.717) is 5.56 Å². The first-order valence-electron chi connectivity index (χ1n) is 5.46. The standard InChI is InChI=1S/C14H15FOS/c1-9-4-5-12(15)11(8-9)14(3,16)13-10(2)6-7-17-13/h4-8,16H,1-3H3. The summed E-state index contributed by atoms with van der Waals surface area (Å²) in [5, 5.41) is 12.5. The Bertz CT molecular complexity index is 543. The summed E-state index contributed by atoms with van der Waals surface area (Å²) in [5.74, 6) is -0.367. The zero-order valence-electron chi connectivity index (χ0n) is 10.1. The van der Waals surface area contributed by atoms with Crippen LogP contribution in [0.4, 0.5) is 4.39 Å². The van der Waals surface area contributed by atoms with E-state index in [4.69, 9.17) is 0 Å². The van der Waals surface area contributed by atoms with E-state index < -0.39 is 5.60 Å². The van der Waals surface area contributed by atoms with Gasteiger partial charge in [0.05, 0.1) is 0 Å². The second-order valence-electron chi connectivity index (χ2n) is 4.49. The van der Waals surface area contributed by atoms with Crippen LogP contribution in [0.2, 0.25) is 0 Å². The van der Waals surface area contributed by atoms with Crippen LogP contribution < -0.4 is 0 Å². The predicted octanol–water partition coefficient (Wildman–Crippen LogP) is 3.76. The molecule has 1 nitrogen and oxygen atoms in total. The van der Waals surface area contributed by atoms with Gasteiger partial charge in [0.2, 0.25) is 0 Å². The van der Waals surface area contributed by atoms with Crippen LogP contribution >= 0.6 is 11.3 Å². The molecule has 3 heteroatoms. The highest BCUT2D eigenvalue weighted by atomic mass is 32.1. The third-order valence-electron chi connectivity index (χ3n) is 2.95. The van der Waals surface area contributed by atoms with Gasteiger partial charge in [-0.05, 0) is 49.9 Å². The van der Waals surface area contributed by atoms with Crippen LogP contribution in [0.1, 0.15) is 28.5 Å². The number of rotatable bonds is 2. The molecule has 90 valence electrons. The Kier molecular flexibility index (Phi) is 3.06. The third-order valence-corrected chi connectivity index (χ3v) is 4.18. The molecule has 0 saturated carbocycles. The van der Waals surface area contributed by atoms with Crippen molar-refractivity contribution in [3.63, 3.8) is 0 Å². The van der Waals surface area contributed by atoms with Gasteiger partial charge in [0.15, 0.2) is 0 Å². The summed E-state index contributed by atoms with van der Waals surface area (Å²) in [7, 11) is 0. The van der Waals surface area contributed by atoms with Crippen LogP contribution in [0.5, 0.6) is 0 Å². The molecule has 1 heterocycles. The summed E-state index contributed by atoms with van der Waals surface area (Å²) in [6.07, 6.45) is 0. The summed E-state index contributed by atoms with van der Waals surface area (Å²) in [4.78, 5) is 0.794. The fourth-order valence-electron chi connectivity index (χ4n) is 2.01. The fraction of sp³-hybridized carbons (Fsp3) is 0.286. The highest BCUT2D eigenvalue weighted by molar-refractivity contribution is 7.10. The Morgan fingerprint density at radius 1 is 1.24 bits per heavy atom. The van der Waals surface area contributed by atoms with E-state index in [2.05, 4.69) is 0 Å². The molecule has 0 aliphatic rings. The Morgan fingerprint density at radius 2 is 1.94 bits per heavy atom. The molecule has 0 bridgehead atoms. The number of hydrogen-bond acceptors (Lipinski definition) is 2. The minimum absolute atomic E-state index is 0.336. The number of aryl methyl sites for hydroxylation is 2. The second-order valence-corrected chi connectivity index (χ2v) is 5.40. The van der Waals surface area contributed by atoms with Gasteiger partial charge in [-0.15, -0.1) is 11.3 Å². The molecule has 0 amide bonds. The molecule has 1 unspecified atom stereocenters. The first kappa shape index (κ1) is 12.3. The van der Waals surface area contributed by atoms with Gasteiger partial charge < -0.3 is 5.11 Å². The average molecular weight is 250 g/mol. The topological polar surface area (TPSA) is 20.2 Å². The molecular formula is C14H15FOS. The number of benzene rings is 1. The van der Waals surface area contributed by atoms with E-state index in [1.807, 2.05) is 25.3 Å². The molecule has 1 aromatic heterocycles. The lowest BCUT2D eigenvalue weighted by Gasteiger charge is -2.24. The highest BCUT2D eigenvalue weighted by Gasteiger charge is 2.31. The summed E-state index contributed by atoms with van der Waals surface area (Å²) < 4.78 is 13.8. The lowest BCUT2D eigenvalue weighted by molar-refractivity contribution is 0.101. The maximum absolute atomic E-state index is 13.8. The van der Waals surface area contributed by atoms with E-state index in [-0.39, 0.29) is 5.82 Å². The Hall–Kier alpha value is -1.19. The van der Waals surface area contributed by atoms with Crippen molar-refractivity contribution in [1.29, 1.82) is 0 Å². The van der Waals surface area contributed by atoms with Crippen molar-refractivity contribution < 1.29 is 9.50 Å². The first-order chi connectivity index (χ1) is 7.93. The second kappa shape index (κ2) is 4.24. The van der Waals surface area contributed by atoms with E-state index in [1.54, 1.807) is 19.1 Å². The van der Waals surface area contributed by atoms with Crippen LogP contribution in [-0.2, 0) is 5.60 Å². The van der Waals surface area contributed by atoms with Crippen molar-refractivity contribution in [2.24, 2.45) is 0 Å². The van der Waals surface area contributed by atoms with Crippen LogP contribution in [-0.4, -0.2) is 5.11 Å². The molecular weight excluding hydrogens is 235 g/mol. The van der Waals surface area contributed by atoms with Crippen molar-refractivity contribution in [3.8, 4) is 0 Å². The van der Waals surface area contributed by atoms with Crippen LogP contribution in [0.3, 0.4) is 0 Å².